The minimum atomic E-state index is -0.670. The van der Waals surface area contributed by atoms with Gasteiger partial charge in [0.15, 0.2) is 0 Å². The van der Waals surface area contributed by atoms with Crippen molar-refractivity contribution < 1.29 is 15.3 Å². The van der Waals surface area contributed by atoms with Crippen molar-refractivity contribution in [1.29, 1.82) is 0 Å². The highest BCUT2D eigenvalue weighted by molar-refractivity contribution is 9.11. The van der Waals surface area contributed by atoms with E-state index in [-0.39, 0.29) is 19.0 Å². The summed E-state index contributed by atoms with van der Waals surface area (Å²) in [6.45, 7) is 2.15. The van der Waals surface area contributed by atoms with Gasteiger partial charge in [0.25, 0.3) is 0 Å². The highest BCUT2D eigenvalue weighted by Crippen LogP contribution is 2.33. The molecular formula is C12H17Br2NO3. The smallest absolute Gasteiger partial charge is 0.143 e. The minimum absolute atomic E-state index is 0.125. The van der Waals surface area contributed by atoms with Crippen LogP contribution in [0.4, 0.5) is 0 Å². The van der Waals surface area contributed by atoms with Gasteiger partial charge < -0.3 is 20.6 Å². The highest BCUT2D eigenvalue weighted by atomic mass is 79.9. The van der Waals surface area contributed by atoms with Gasteiger partial charge in [0.05, 0.1) is 27.7 Å². The summed E-state index contributed by atoms with van der Waals surface area (Å²) in [6, 6.07) is 3.59. The minimum Gasteiger partial charge on any atom is -0.506 e. The van der Waals surface area contributed by atoms with Crippen LogP contribution in [-0.4, -0.2) is 34.1 Å². The Morgan fingerprint density at radius 1 is 1.17 bits per heavy atom. The van der Waals surface area contributed by atoms with E-state index in [0.717, 1.165) is 5.56 Å². The summed E-state index contributed by atoms with van der Waals surface area (Å²) in [7, 11) is 0. The van der Waals surface area contributed by atoms with Crippen molar-refractivity contribution in [2.75, 3.05) is 13.2 Å². The number of nitrogens with one attached hydrogen (secondary N) is 1. The van der Waals surface area contributed by atoms with Crippen molar-refractivity contribution >= 4 is 31.9 Å². The fourth-order valence-corrected chi connectivity index (χ4v) is 2.80. The predicted octanol–water partition coefficient (Wildman–Crippen LogP) is 2.14. The Labute approximate surface area is 123 Å². The molecule has 0 bridgehead atoms. The first kappa shape index (κ1) is 15.9. The van der Waals surface area contributed by atoms with E-state index in [1.54, 1.807) is 12.1 Å². The van der Waals surface area contributed by atoms with Crippen LogP contribution in [0.1, 0.15) is 18.9 Å². The summed E-state index contributed by atoms with van der Waals surface area (Å²) >= 11 is 6.52. The van der Waals surface area contributed by atoms with Crippen molar-refractivity contribution in [2.45, 2.75) is 25.4 Å². The van der Waals surface area contributed by atoms with Crippen LogP contribution in [0.5, 0.6) is 5.75 Å². The van der Waals surface area contributed by atoms with E-state index in [2.05, 4.69) is 37.2 Å². The Hall–Kier alpha value is -0.140. The van der Waals surface area contributed by atoms with Crippen LogP contribution in [0.25, 0.3) is 0 Å². The average Bonchev–Trinajstić information content (AvgIpc) is 2.38. The zero-order valence-electron chi connectivity index (χ0n) is 10.1. The van der Waals surface area contributed by atoms with E-state index in [1.165, 1.54) is 0 Å². The second kappa shape index (κ2) is 6.86. The van der Waals surface area contributed by atoms with E-state index >= 15 is 0 Å². The van der Waals surface area contributed by atoms with Gasteiger partial charge in [-0.2, -0.15) is 0 Å². The topological polar surface area (TPSA) is 72.7 Å². The van der Waals surface area contributed by atoms with Crippen LogP contribution in [-0.2, 0) is 6.54 Å². The number of phenolic OH excluding ortho intramolecular Hbond substituents is 1. The summed E-state index contributed by atoms with van der Waals surface area (Å²) in [4.78, 5) is 0. The van der Waals surface area contributed by atoms with Crippen molar-refractivity contribution in [1.82, 2.24) is 5.32 Å². The second-order valence-corrected chi connectivity index (χ2v) is 5.92. The fourth-order valence-electron chi connectivity index (χ4n) is 1.52. The normalized spacial score (nSPS) is 11.8. The number of aromatic hydroxyl groups is 1. The number of rotatable bonds is 6. The maximum absolute atomic E-state index is 9.60. The van der Waals surface area contributed by atoms with Crippen LogP contribution in [0.2, 0.25) is 0 Å². The number of hydrogen-bond acceptors (Lipinski definition) is 4. The third kappa shape index (κ3) is 3.68. The van der Waals surface area contributed by atoms with E-state index in [1.807, 2.05) is 6.92 Å². The lowest BCUT2D eigenvalue weighted by atomic mass is 9.98. The molecule has 0 aliphatic carbocycles. The quantitative estimate of drug-likeness (QED) is 0.608. The molecule has 0 saturated heterocycles. The molecular weight excluding hydrogens is 366 g/mol. The van der Waals surface area contributed by atoms with E-state index in [9.17, 15) is 15.3 Å². The third-order valence-electron chi connectivity index (χ3n) is 3.03. The molecule has 4 nitrogen and oxygen atoms in total. The second-order valence-electron chi connectivity index (χ2n) is 4.21. The number of aliphatic hydroxyl groups excluding tert-OH is 2. The lowest BCUT2D eigenvalue weighted by Gasteiger charge is -2.30. The molecule has 0 aromatic heterocycles. The summed E-state index contributed by atoms with van der Waals surface area (Å²) in [5.41, 5.74) is 0.267. The Balaban J connectivity index is 2.80. The van der Waals surface area contributed by atoms with Gasteiger partial charge in [-0.1, -0.05) is 6.92 Å². The molecule has 0 aliphatic heterocycles. The molecule has 0 fully saturated rings. The van der Waals surface area contributed by atoms with Gasteiger partial charge in [0.2, 0.25) is 0 Å². The van der Waals surface area contributed by atoms with Gasteiger partial charge in [-0.15, -0.1) is 0 Å². The predicted molar refractivity (Wildman–Crippen MR) is 77.5 cm³/mol. The molecule has 4 N–H and O–H groups in total. The monoisotopic (exact) mass is 381 g/mol. The molecule has 0 amide bonds. The zero-order chi connectivity index (χ0) is 13.8. The Bertz CT molecular complexity index is 377. The molecule has 0 unspecified atom stereocenters. The van der Waals surface area contributed by atoms with Crippen LogP contribution < -0.4 is 5.32 Å². The lowest BCUT2D eigenvalue weighted by molar-refractivity contribution is 0.0864. The van der Waals surface area contributed by atoms with Gasteiger partial charge in [-0.05, 0) is 56.0 Å². The Kier molecular flexibility index (Phi) is 6.07. The van der Waals surface area contributed by atoms with Gasteiger partial charge in [0.1, 0.15) is 5.75 Å². The van der Waals surface area contributed by atoms with Gasteiger partial charge in [0, 0.05) is 6.54 Å². The first-order valence-corrected chi connectivity index (χ1v) is 7.20. The van der Waals surface area contributed by atoms with Crippen molar-refractivity contribution in [3.05, 3.63) is 26.6 Å². The first-order valence-electron chi connectivity index (χ1n) is 5.61. The molecule has 0 aliphatic rings. The molecule has 18 heavy (non-hydrogen) atoms. The van der Waals surface area contributed by atoms with E-state index in [0.29, 0.717) is 21.9 Å². The Morgan fingerprint density at radius 3 is 2.06 bits per heavy atom. The Morgan fingerprint density at radius 2 is 1.67 bits per heavy atom. The number of hydrogen-bond donors (Lipinski definition) is 4. The standard InChI is InChI=1S/C12H17Br2NO3/c1-2-12(6-16,7-17)15-5-8-3-9(13)11(18)10(14)4-8/h3-4,15-18H,2,5-7H2,1H3. The molecule has 0 heterocycles. The fraction of sp³-hybridized carbons (Fsp3) is 0.500. The maximum atomic E-state index is 9.60. The molecule has 0 radical (unpaired) electrons. The summed E-state index contributed by atoms with van der Waals surface area (Å²) < 4.78 is 1.20. The van der Waals surface area contributed by atoms with Crippen LogP contribution in [0.3, 0.4) is 0 Å². The summed E-state index contributed by atoms with van der Waals surface area (Å²) in [6.07, 6.45) is 0.625. The van der Waals surface area contributed by atoms with E-state index < -0.39 is 5.54 Å². The highest BCUT2D eigenvalue weighted by Gasteiger charge is 2.25. The van der Waals surface area contributed by atoms with Crippen molar-refractivity contribution in [2.24, 2.45) is 0 Å². The van der Waals surface area contributed by atoms with Gasteiger partial charge >= 0.3 is 0 Å². The number of benzene rings is 1. The SMILES string of the molecule is CCC(CO)(CO)NCc1cc(Br)c(O)c(Br)c1. The van der Waals surface area contributed by atoms with Crippen LogP contribution >= 0.6 is 31.9 Å². The third-order valence-corrected chi connectivity index (χ3v) is 4.24. The molecule has 0 saturated carbocycles. The number of phenols is 1. The van der Waals surface area contributed by atoms with Gasteiger partial charge in [-0.25, -0.2) is 0 Å². The molecule has 1 aromatic carbocycles. The first-order chi connectivity index (χ1) is 8.48. The summed E-state index contributed by atoms with van der Waals surface area (Å²) in [5, 5.41) is 31.4. The molecule has 1 rings (SSSR count). The largest absolute Gasteiger partial charge is 0.506 e. The molecule has 6 heteroatoms. The molecule has 0 spiro atoms. The average molecular weight is 383 g/mol. The number of aliphatic hydroxyl groups is 2. The lowest BCUT2D eigenvalue weighted by Crippen LogP contribution is -2.50. The zero-order valence-corrected chi connectivity index (χ0v) is 13.3. The molecule has 1 aromatic rings. The van der Waals surface area contributed by atoms with Crippen LogP contribution in [0, 0.1) is 0 Å². The van der Waals surface area contributed by atoms with Crippen molar-refractivity contribution in [3.8, 4) is 5.75 Å². The number of halogens is 2. The molecule has 0 atom stereocenters. The van der Waals surface area contributed by atoms with E-state index in [4.69, 9.17) is 0 Å². The summed E-state index contributed by atoms with van der Waals surface area (Å²) in [5.74, 6) is 0.157. The maximum Gasteiger partial charge on any atom is 0.143 e. The van der Waals surface area contributed by atoms with Crippen molar-refractivity contribution in [3.63, 3.8) is 0 Å². The molecule has 102 valence electrons. The van der Waals surface area contributed by atoms with Crippen LogP contribution in [0.15, 0.2) is 21.1 Å². The van der Waals surface area contributed by atoms with Gasteiger partial charge in [-0.3, -0.25) is 0 Å².